The van der Waals surface area contributed by atoms with Crippen molar-refractivity contribution in [2.45, 2.75) is 38.0 Å². The van der Waals surface area contributed by atoms with Crippen LogP contribution >= 0.6 is 0 Å². The van der Waals surface area contributed by atoms with Crippen LogP contribution in [-0.2, 0) is 16.4 Å². The lowest BCUT2D eigenvalue weighted by atomic mass is 9.93. The highest BCUT2D eigenvalue weighted by molar-refractivity contribution is 7.89. The van der Waals surface area contributed by atoms with Crippen LogP contribution in [0.5, 0.6) is 0 Å². The summed E-state index contributed by atoms with van der Waals surface area (Å²) in [6.45, 7) is 4.61. The topological polar surface area (TPSA) is 37.4 Å². The van der Waals surface area contributed by atoms with E-state index in [4.69, 9.17) is 0 Å². The second-order valence-corrected chi connectivity index (χ2v) is 8.56. The van der Waals surface area contributed by atoms with Crippen LogP contribution in [0.1, 0.15) is 30.9 Å². The van der Waals surface area contributed by atoms with Gasteiger partial charge < -0.3 is 0 Å². The molecule has 0 bridgehead atoms. The predicted octanol–water partition coefficient (Wildman–Crippen LogP) is 4.54. The molecule has 3 nitrogen and oxygen atoms in total. The first-order valence-corrected chi connectivity index (χ1v) is 10.3. The quantitative estimate of drug-likeness (QED) is 0.763. The van der Waals surface area contributed by atoms with Crippen LogP contribution in [-0.4, -0.2) is 19.3 Å². The molecular formula is C21H25NO2S. The van der Waals surface area contributed by atoms with Crippen molar-refractivity contribution in [1.82, 2.24) is 4.31 Å². The van der Waals surface area contributed by atoms with Crippen molar-refractivity contribution in [1.29, 1.82) is 0 Å². The number of rotatable bonds is 6. The van der Waals surface area contributed by atoms with Gasteiger partial charge in [0.2, 0.25) is 0 Å². The minimum absolute atomic E-state index is 0.297. The molecule has 0 amide bonds. The Balaban J connectivity index is 1.74. The average Bonchev–Trinajstić information content (AvgIpc) is 3.05. The first-order valence-electron chi connectivity index (χ1n) is 8.83. The maximum absolute atomic E-state index is 12.9. The molecule has 3 rings (SSSR count). The van der Waals surface area contributed by atoms with Crippen molar-refractivity contribution in [3.63, 3.8) is 0 Å². The lowest BCUT2D eigenvalue weighted by Gasteiger charge is -2.19. The van der Waals surface area contributed by atoms with Gasteiger partial charge in [0.05, 0.1) is 4.90 Å². The molecule has 0 radical (unpaired) electrons. The summed E-state index contributed by atoms with van der Waals surface area (Å²) < 4.78 is 27.4. The molecule has 4 heteroatoms. The summed E-state index contributed by atoms with van der Waals surface area (Å²) in [5.41, 5.74) is 3.59. The van der Waals surface area contributed by atoms with E-state index in [9.17, 15) is 8.42 Å². The van der Waals surface area contributed by atoms with E-state index in [1.165, 1.54) is 15.4 Å². The Bertz CT molecular complexity index is 839. The van der Waals surface area contributed by atoms with Crippen molar-refractivity contribution in [3.05, 3.63) is 77.5 Å². The van der Waals surface area contributed by atoms with Crippen LogP contribution in [0.3, 0.4) is 0 Å². The van der Waals surface area contributed by atoms with E-state index in [-0.39, 0.29) is 0 Å². The summed E-state index contributed by atoms with van der Waals surface area (Å²) in [6.07, 6.45) is 4.69. The van der Waals surface area contributed by atoms with E-state index < -0.39 is 10.0 Å². The molecule has 0 fully saturated rings. The molecule has 1 unspecified atom stereocenters. The third-order valence-corrected chi connectivity index (χ3v) is 6.63. The molecule has 1 heterocycles. The third-order valence-electron chi connectivity index (χ3n) is 4.89. The number of benzene rings is 2. The lowest BCUT2D eigenvalue weighted by Crippen LogP contribution is -2.26. The Hall–Kier alpha value is -2.07. The predicted molar refractivity (Wildman–Crippen MR) is 102 cm³/mol. The number of hydrogen-bond donors (Lipinski definition) is 0. The monoisotopic (exact) mass is 355 g/mol. The molecule has 0 saturated heterocycles. The fourth-order valence-corrected chi connectivity index (χ4v) is 4.73. The maximum Gasteiger partial charge on any atom is 0.263 e. The van der Waals surface area contributed by atoms with E-state index >= 15 is 0 Å². The number of nitrogens with zero attached hydrogens (tertiary/aromatic N) is 1. The number of aryl methyl sites for hydroxylation is 2. The number of sulfonamides is 1. The van der Waals surface area contributed by atoms with Gasteiger partial charge in [0.1, 0.15) is 0 Å². The molecule has 0 aromatic heterocycles. The van der Waals surface area contributed by atoms with Crippen LogP contribution in [0.2, 0.25) is 0 Å². The van der Waals surface area contributed by atoms with E-state index in [0.29, 0.717) is 17.4 Å². The normalized spacial score (nSPS) is 17.6. The second kappa shape index (κ2) is 7.44. The summed E-state index contributed by atoms with van der Waals surface area (Å²) in [7, 11) is -3.46. The van der Waals surface area contributed by atoms with Gasteiger partial charge in [0, 0.05) is 18.7 Å². The highest BCUT2D eigenvalue weighted by Crippen LogP contribution is 2.32. The van der Waals surface area contributed by atoms with E-state index in [1.807, 2.05) is 31.3 Å². The van der Waals surface area contributed by atoms with Crippen molar-refractivity contribution < 1.29 is 8.42 Å². The van der Waals surface area contributed by atoms with Crippen molar-refractivity contribution in [3.8, 4) is 0 Å². The summed E-state index contributed by atoms with van der Waals surface area (Å²) in [5.74, 6) is 0.297. The van der Waals surface area contributed by atoms with Gasteiger partial charge in [-0.05, 0) is 49.5 Å². The second-order valence-electron chi connectivity index (χ2n) is 6.67. The standard InChI is InChI=1S/C21H25NO2S/c1-3-19-15-22(25(23,24)21-13-9-17(2)10-14-21)16-20(19)12-11-18-7-5-4-6-8-18/h4-10,13-15,20H,3,11-12,16H2,1-2H3. The molecular weight excluding hydrogens is 330 g/mol. The molecule has 1 aliphatic rings. The van der Waals surface area contributed by atoms with Gasteiger partial charge >= 0.3 is 0 Å². The molecule has 1 atom stereocenters. The van der Waals surface area contributed by atoms with Crippen LogP contribution in [0.15, 0.2) is 71.3 Å². The van der Waals surface area contributed by atoms with Gasteiger partial charge in [0.25, 0.3) is 10.0 Å². The van der Waals surface area contributed by atoms with Crippen molar-refractivity contribution in [2.24, 2.45) is 5.92 Å². The molecule has 0 saturated carbocycles. The Morgan fingerprint density at radius 3 is 2.36 bits per heavy atom. The minimum atomic E-state index is -3.46. The first-order chi connectivity index (χ1) is 12.0. The van der Waals surface area contributed by atoms with Crippen LogP contribution in [0, 0.1) is 12.8 Å². The van der Waals surface area contributed by atoms with Gasteiger partial charge in [-0.15, -0.1) is 0 Å². The third kappa shape index (κ3) is 3.96. The fourth-order valence-electron chi connectivity index (χ4n) is 3.33. The lowest BCUT2D eigenvalue weighted by molar-refractivity contribution is 0.460. The van der Waals surface area contributed by atoms with Gasteiger partial charge in [-0.25, -0.2) is 8.42 Å². The molecule has 0 spiro atoms. The molecule has 2 aromatic carbocycles. The van der Waals surface area contributed by atoms with Crippen LogP contribution in [0.4, 0.5) is 0 Å². The Morgan fingerprint density at radius 2 is 1.72 bits per heavy atom. The number of hydrogen-bond acceptors (Lipinski definition) is 2. The van der Waals surface area contributed by atoms with Gasteiger partial charge in [-0.1, -0.05) is 55.0 Å². The zero-order chi connectivity index (χ0) is 17.9. The Kier molecular flexibility index (Phi) is 5.28. The van der Waals surface area contributed by atoms with E-state index in [2.05, 4.69) is 31.2 Å². The highest BCUT2D eigenvalue weighted by Gasteiger charge is 2.31. The summed E-state index contributed by atoms with van der Waals surface area (Å²) >= 11 is 0. The molecule has 1 aliphatic heterocycles. The molecule has 0 aliphatic carbocycles. The van der Waals surface area contributed by atoms with Crippen molar-refractivity contribution >= 4 is 10.0 Å². The zero-order valence-corrected chi connectivity index (χ0v) is 15.7. The van der Waals surface area contributed by atoms with Crippen LogP contribution in [0.25, 0.3) is 0 Å². The minimum Gasteiger partial charge on any atom is -0.273 e. The smallest absolute Gasteiger partial charge is 0.263 e. The van der Waals surface area contributed by atoms with E-state index in [0.717, 1.165) is 24.8 Å². The average molecular weight is 356 g/mol. The Labute approximate surface area is 151 Å². The first kappa shape index (κ1) is 17.7. The summed E-state index contributed by atoms with van der Waals surface area (Å²) in [4.78, 5) is 0.369. The van der Waals surface area contributed by atoms with Gasteiger partial charge in [-0.2, -0.15) is 0 Å². The SMILES string of the molecule is CCC1=CN(S(=O)(=O)c2ccc(C)cc2)CC1CCc1ccccc1. The molecule has 132 valence electrons. The highest BCUT2D eigenvalue weighted by atomic mass is 32.2. The molecule has 0 N–H and O–H groups in total. The summed E-state index contributed by atoms with van der Waals surface area (Å²) in [5, 5.41) is 0. The van der Waals surface area contributed by atoms with Gasteiger partial charge in [-0.3, -0.25) is 4.31 Å². The van der Waals surface area contributed by atoms with Crippen LogP contribution < -0.4 is 0 Å². The maximum atomic E-state index is 12.9. The van der Waals surface area contributed by atoms with E-state index in [1.54, 1.807) is 12.1 Å². The van der Waals surface area contributed by atoms with Crippen molar-refractivity contribution in [2.75, 3.05) is 6.54 Å². The zero-order valence-electron chi connectivity index (χ0n) is 14.9. The summed E-state index contributed by atoms with van der Waals surface area (Å²) in [6, 6.07) is 17.5. The van der Waals surface area contributed by atoms with Gasteiger partial charge in [0.15, 0.2) is 0 Å². The Morgan fingerprint density at radius 1 is 1.04 bits per heavy atom. The fraction of sp³-hybridized carbons (Fsp3) is 0.333. The largest absolute Gasteiger partial charge is 0.273 e. The molecule has 2 aromatic rings. The molecule has 25 heavy (non-hydrogen) atoms.